The van der Waals surface area contributed by atoms with Crippen LogP contribution in [0.1, 0.15) is 71.9 Å². The SMILES string of the molecule is CNC[C@@H]1CCc2cccc(-c3cc(Cl)ccc3Cl)c2O1.CNC[C@@H]1CCc2cccc(-c3ccc(Cl)cc3Cl)c2O1.CNC[C@@H]1CCc2cccc(-c3ccc(OC)cc3OC)c2O1.CNC[C@@H]1CCc2cccc(-c3ccccc3)c2O1.CNC[C@@H]1CCc2cccc(-c3ccccc3Cl)c2O1.CNC[C@@H]1CCc2cccc(-c3ccccc3OC)c2O1. The Morgan fingerprint density at radius 1 is 0.248 bits per heavy atom. The number of halogens is 5. The van der Waals surface area contributed by atoms with Gasteiger partial charge in [0.15, 0.2) is 0 Å². The minimum Gasteiger partial charge on any atom is -0.497 e. The van der Waals surface area contributed by atoms with Crippen LogP contribution in [0.2, 0.25) is 25.1 Å². The zero-order chi connectivity index (χ0) is 87.6. The summed E-state index contributed by atoms with van der Waals surface area (Å²) in [6.45, 7) is 5.20. The van der Waals surface area contributed by atoms with Crippen LogP contribution in [0.3, 0.4) is 0 Å². The molecule has 0 bridgehead atoms. The Bertz CT molecular complexity index is 5530. The van der Waals surface area contributed by atoms with E-state index in [4.69, 9.17) is 101 Å². The highest BCUT2D eigenvalue weighted by molar-refractivity contribution is 6.37. The van der Waals surface area contributed by atoms with Crippen LogP contribution in [-0.4, -0.2) is 140 Å². The Kier molecular flexibility index (Phi) is 34.5. The molecule has 12 aromatic rings. The fourth-order valence-corrected chi connectivity index (χ4v) is 18.0. The molecule has 654 valence electrons. The topological polar surface area (TPSA) is 155 Å². The van der Waals surface area contributed by atoms with Crippen LogP contribution in [0, 0.1) is 0 Å². The summed E-state index contributed by atoms with van der Waals surface area (Å²) in [4.78, 5) is 0. The fourth-order valence-electron chi connectivity index (χ4n) is 16.9. The number of rotatable bonds is 21. The van der Waals surface area contributed by atoms with Crippen LogP contribution in [-0.2, 0) is 38.5 Å². The Balaban J connectivity index is 0.000000129. The third-order valence-electron chi connectivity index (χ3n) is 23.1. The molecular formula is C105H115Cl5N6O9. The Morgan fingerprint density at radius 3 is 0.920 bits per heavy atom. The van der Waals surface area contributed by atoms with E-state index < -0.39 is 0 Å². The highest BCUT2D eigenvalue weighted by Crippen LogP contribution is 2.48. The number of nitrogens with one attached hydrogen (secondary N) is 6. The molecule has 0 aromatic heterocycles. The van der Waals surface area contributed by atoms with Crippen molar-refractivity contribution in [2.45, 2.75) is 114 Å². The van der Waals surface area contributed by atoms with E-state index in [1.54, 1.807) is 33.5 Å². The van der Waals surface area contributed by atoms with Gasteiger partial charge >= 0.3 is 0 Å². The first-order valence-corrected chi connectivity index (χ1v) is 45.2. The highest BCUT2D eigenvalue weighted by Gasteiger charge is 2.30. The lowest BCUT2D eigenvalue weighted by molar-refractivity contribution is 0.174. The number of benzene rings is 12. The van der Waals surface area contributed by atoms with Crippen LogP contribution in [0.4, 0.5) is 0 Å². The van der Waals surface area contributed by atoms with Crippen molar-refractivity contribution in [1.82, 2.24) is 31.9 Å². The zero-order valence-corrected chi connectivity index (χ0v) is 76.6. The van der Waals surface area contributed by atoms with Crippen LogP contribution in [0.15, 0.2) is 243 Å². The molecule has 6 aliphatic heterocycles. The molecule has 6 atom stereocenters. The highest BCUT2D eigenvalue weighted by atomic mass is 35.5. The summed E-state index contributed by atoms with van der Waals surface area (Å²) in [6, 6.07) is 81.3. The van der Waals surface area contributed by atoms with E-state index >= 15 is 0 Å². The molecule has 0 fully saturated rings. The van der Waals surface area contributed by atoms with Crippen LogP contribution < -0.4 is 74.5 Å². The quantitative estimate of drug-likeness (QED) is 0.0404. The number of methoxy groups -OCH3 is 3. The van der Waals surface area contributed by atoms with Gasteiger partial charge in [-0.2, -0.15) is 0 Å². The molecule has 0 amide bonds. The first kappa shape index (κ1) is 92.7. The minimum atomic E-state index is 0.196. The smallest absolute Gasteiger partial charge is 0.130 e. The second kappa shape index (κ2) is 46.5. The molecule has 0 aliphatic carbocycles. The lowest BCUT2D eigenvalue weighted by Crippen LogP contribution is -2.32. The summed E-state index contributed by atoms with van der Waals surface area (Å²) in [5.74, 6) is 8.39. The predicted octanol–water partition coefficient (Wildman–Crippen LogP) is 22.9. The van der Waals surface area contributed by atoms with Crippen molar-refractivity contribution >= 4 is 58.0 Å². The molecule has 6 aliphatic rings. The Hall–Kier alpha value is -9.95. The van der Waals surface area contributed by atoms with Gasteiger partial charge in [-0.15, -0.1) is 0 Å². The molecule has 18 rings (SSSR count). The van der Waals surface area contributed by atoms with Crippen LogP contribution in [0.25, 0.3) is 66.8 Å². The summed E-state index contributed by atoms with van der Waals surface area (Å²) >= 11 is 31.1. The summed E-state index contributed by atoms with van der Waals surface area (Å²) in [6.07, 6.45) is 14.0. The zero-order valence-electron chi connectivity index (χ0n) is 72.9. The van der Waals surface area contributed by atoms with Crippen molar-refractivity contribution in [2.75, 3.05) is 103 Å². The van der Waals surface area contributed by atoms with Gasteiger partial charge in [-0.1, -0.05) is 240 Å². The first-order valence-electron chi connectivity index (χ1n) is 43.3. The van der Waals surface area contributed by atoms with E-state index in [0.29, 0.717) is 20.1 Å². The van der Waals surface area contributed by atoms with E-state index in [1.807, 2.05) is 145 Å². The van der Waals surface area contributed by atoms with Crippen molar-refractivity contribution in [3.8, 4) is 119 Å². The van der Waals surface area contributed by atoms with Gasteiger partial charge in [0.1, 0.15) is 88.4 Å². The maximum Gasteiger partial charge on any atom is 0.130 e. The number of ether oxygens (including phenoxy) is 9. The molecule has 6 heterocycles. The van der Waals surface area contributed by atoms with Gasteiger partial charge in [-0.05, 0) is 213 Å². The van der Waals surface area contributed by atoms with E-state index in [-0.39, 0.29) is 36.6 Å². The standard InChI is InChI=1S/C19H23NO3.C18H21NO2.2C17H17Cl2NO.C17H18ClNO.C17H19NO/c1-20-12-15-8-7-13-5-4-6-17(19(13)23-15)16-10-9-14(21-2)11-18(16)22-3;1-19-12-14-11-10-13-6-5-8-16(18(13)21-14)15-7-3-4-9-17(15)20-2;1-20-10-13-7-5-11-3-2-4-15(17(11)21-13)14-8-6-12(18)9-16(14)19;1-20-10-13-7-5-11-3-2-4-14(17(11)21-13)15-9-12(18)6-8-16(15)19;1-19-11-13-10-9-12-5-4-7-15(17(12)20-13)14-6-2-3-8-16(14)18;1-18-12-15-11-10-14-8-5-9-16(17(14)19-15)13-6-3-2-4-7-13/h4-6,9-11,15,20H,7-8,12H2,1-3H3;3-9,14,19H,10-12H2,1-2H3;2*2-4,6,8-9,13,20H,5,7,10H2,1H3;2-8,13,19H,9-11H2,1H3;2-9,15,18H,10-12H2,1H3/t15-;14-;3*13-;15-/m000000/s1. The van der Waals surface area contributed by atoms with Gasteiger partial charge < -0.3 is 74.5 Å². The summed E-state index contributed by atoms with van der Waals surface area (Å²) < 4.78 is 53.6. The predicted molar refractivity (Wildman–Crippen MR) is 516 cm³/mol. The number of para-hydroxylation sites is 7. The van der Waals surface area contributed by atoms with E-state index in [9.17, 15) is 0 Å². The number of hydrogen-bond acceptors (Lipinski definition) is 15. The molecule has 20 heteroatoms. The maximum absolute atomic E-state index is 6.35. The van der Waals surface area contributed by atoms with Crippen molar-refractivity contribution < 1.29 is 42.6 Å². The average Bonchev–Trinajstić information content (AvgIpc) is 0.865. The molecule has 0 saturated carbocycles. The second-order valence-electron chi connectivity index (χ2n) is 31.6. The molecule has 0 spiro atoms. The summed E-state index contributed by atoms with van der Waals surface area (Å²) in [5.41, 5.74) is 20.4. The van der Waals surface area contributed by atoms with Gasteiger partial charge in [-0.3, -0.25) is 0 Å². The number of likely N-dealkylation sites (N-methyl/N-ethyl adjacent to an activating group) is 6. The third kappa shape index (κ3) is 23.8. The molecule has 12 aromatic carbocycles. The van der Waals surface area contributed by atoms with Crippen LogP contribution >= 0.6 is 58.0 Å². The van der Waals surface area contributed by atoms with Crippen molar-refractivity contribution in [1.29, 1.82) is 0 Å². The van der Waals surface area contributed by atoms with E-state index in [0.717, 1.165) is 229 Å². The monoisotopic (exact) mass is 1780 g/mol. The number of aryl methyl sites for hydroxylation is 6. The van der Waals surface area contributed by atoms with E-state index in [2.05, 4.69) is 159 Å². The minimum absolute atomic E-state index is 0.196. The lowest BCUT2D eigenvalue weighted by Gasteiger charge is -2.28. The average molecular weight is 1780 g/mol. The largest absolute Gasteiger partial charge is 0.497 e. The molecule has 0 saturated heterocycles. The molecule has 0 radical (unpaired) electrons. The number of fused-ring (bicyclic) bond motifs is 6. The summed E-state index contributed by atoms with van der Waals surface area (Å²) in [7, 11) is 16.8. The van der Waals surface area contributed by atoms with E-state index in [1.165, 1.54) is 44.5 Å². The van der Waals surface area contributed by atoms with Crippen LogP contribution in [0.5, 0.6) is 51.7 Å². The molecule has 125 heavy (non-hydrogen) atoms. The van der Waals surface area contributed by atoms with Crippen molar-refractivity contribution in [2.24, 2.45) is 0 Å². The van der Waals surface area contributed by atoms with Crippen molar-refractivity contribution in [3.63, 3.8) is 0 Å². The molecule has 6 N–H and O–H groups in total. The number of hydrogen-bond donors (Lipinski definition) is 6. The Morgan fingerprint density at radius 2 is 0.544 bits per heavy atom. The molecule has 15 nitrogen and oxygen atoms in total. The first-order chi connectivity index (χ1) is 61.1. The molecular weight excluding hydrogens is 1670 g/mol. The second-order valence-corrected chi connectivity index (χ2v) is 33.7. The Labute approximate surface area is 763 Å². The summed E-state index contributed by atoms with van der Waals surface area (Å²) in [5, 5.41) is 22.6. The van der Waals surface area contributed by atoms with Crippen molar-refractivity contribution in [3.05, 3.63) is 301 Å². The lowest BCUT2D eigenvalue weighted by atomic mass is 9.95. The van der Waals surface area contributed by atoms with Gasteiger partial charge in [0, 0.05) is 127 Å². The molecule has 0 unspecified atom stereocenters. The van der Waals surface area contributed by atoms with Gasteiger partial charge in [0.2, 0.25) is 0 Å². The maximum atomic E-state index is 6.35. The van der Waals surface area contributed by atoms with Gasteiger partial charge in [0.05, 0.1) is 26.4 Å². The third-order valence-corrected chi connectivity index (χ3v) is 24.5. The van der Waals surface area contributed by atoms with Gasteiger partial charge in [-0.25, -0.2) is 0 Å². The fraction of sp³-hybridized carbons (Fsp3) is 0.314. The normalized spacial score (nSPS) is 17.1. The van der Waals surface area contributed by atoms with Gasteiger partial charge in [0.25, 0.3) is 0 Å².